The highest BCUT2D eigenvalue weighted by Crippen LogP contribution is 2.19. The minimum atomic E-state index is 0.579. The van der Waals surface area contributed by atoms with Crippen molar-refractivity contribution in [3.8, 4) is 0 Å². The molecule has 0 bridgehead atoms. The fourth-order valence-corrected chi connectivity index (χ4v) is 1.92. The smallest absolute Gasteiger partial charge is 0.295 e. The van der Waals surface area contributed by atoms with E-state index < -0.39 is 0 Å². The number of fused-ring (bicyclic) bond motifs is 1. The molecule has 1 unspecified atom stereocenters. The van der Waals surface area contributed by atoms with Crippen LogP contribution >= 0.6 is 0 Å². The minimum absolute atomic E-state index is 0.579. The second-order valence-corrected chi connectivity index (χ2v) is 4.10. The Kier molecular flexibility index (Phi) is 2.50. The molecule has 1 aliphatic heterocycles. The molecule has 2 heterocycles. The molecule has 0 spiro atoms. The normalized spacial score (nSPS) is 20.4. The van der Waals surface area contributed by atoms with Crippen molar-refractivity contribution in [1.29, 1.82) is 0 Å². The summed E-state index contributed by atoms with van der Waals surface area (Å²) in [5, 5.41) is 3.22. The SMILES string of the molecule is c1ccc2oc(NCC3CCOC3)nc2c1. The largest absolute Gasteiger partial charge is 0.424 e. The standard InChI is InChI=1S/C12H14N2O2/c1-2-4-11-10(3-1)14-12(16-11)13-7-9-5-6-15-8-9/h1-4,9H,5-8H2,(H,13,14). The Morgan fingerprint density at radius 1 is 1.38 bits per heavy atom. The molecule has 2 aromatic rings. The van der Waals surface area contributed by atoms with Crippen LogP contribution in [0, 0.1) is 5.92 Å². The third-order valence-corrected chi connectivity index (χ3v) is 2.86. The van der Waals surface area contributed by atoms with Crippen LogP contribution in [0.25, 0.3) is 11.1 Å². The Morgan fingerprint density at radius 3 is 3.12 bits per heavy atom. The molecule has 1 aromatic heterocycles. The Labute approximate surface area is 93.6 Å². The summed E-state index contributed by atoms with van der Waals surface area (Å²) in [6.07, 6.45) is 1.12. The maximum absolute atomic E-state index is 5.56. The first-order valence-electron chi connectivity index (χ1n) is 5.59. The fraction of sp³-hybridized carbons (Fsp3) is 0.417. The number of ether oxygens (including phenoxy) is 1. The van der Waals surface area contributed by atoms with Crippen LogP contribution in [0.2, 0.25) is 0 Å². The highest BCUT2D eigenvalue weighted by atomic mass is 16.5. The average molecular weight is 218 g/mol. The number of benzene rings is 1. The van der Waals surface area contributed by atoms with Crippen molar-refractivity contribution >= 4 is 17.1 Å². The van der Waals surface area contributed by atoms with Gasteiger partial charge in [0.15, 0.2) is 5.58 Å². The first-order chi connectivity index (χ1) is 7.92. The van der Waals surface area contributed by atoms with E-state index >= 15 is 0 Å². The van der Waals surface area contributed by atoms with E-state index in [9.17, 15) is 0 Å². The highest BCUT2D eigenvalue weighted by molar-refractivity contribution is 5.74. The lowest BCUT2D eigenvalue weighted by atomic mass is 10.1. The van der Waals surface area contributed by atoms with Crippen molar-refractivity contribution in [2.75, 3.05) is 25.1 Å². The van der Waals surface area contributed by atoms with Gasteiger partial charge in [0.1, 0.15) is 5.52 Å². The lowest BCUT2D eigenvalue weighted by molar-refractivity contribution is 0.187. The van der Waals surface area contributed by atoms with Crippen molar-refractivity contribution < 1.29 is 9.15 Å². The summed E-state index contributed by atoms with van der Waals surface area (Å²) in [5.41, 5.74) is 1.72. The van der Waals surface area contributed by atoms with E-state index in [4.69, 9.17) is 9.15 Å². The molecular formula is C12H14N2O2. The molecule has 1 saturated heterocycles. The van der Waals surface area contributed by atoms with Gasteiger partial charge in [0.25, 0.3) is 6.01 Å². The second kappa shape index (κ2) is 4.14. The topological polar surface area (TPSA) is 47.3 Å². The molecule has 1 fully saturated rings. The zero-order chi connectivity index (χ0) is 10.8. The quantitative estimate of drug-likeness (QED) is 0.858. The monoisotopic (exact) mass is 218 g/mol. The van der Waals surface area contributed by atoms with Crippen LogP contribution in [0.15, 0.2) is 28.7 Å². The Hall–Kier alpha value is -1.55. The number of para-hydroxylation sites is 2. The molecule has 4 heteroatoms. The van der Waals surface area contributed by atoms with E-state index in [1.54, 1.807) is 0 Å². The average Bonchev–Trinajstić information content (AvgIpc) is 2.95. The summed E-state index contributed by atoms with van der Waals surface area (Å²) in [5.74, 6) is 0.579. The van der Waals surface area contributed by atoms with Gasteiger partial charge >= 0.3 is 0 Å². The van der Waals surface area contributed by atoms with E-state index in [0.29, 0.717) is 11.9 Å². The maximum atomic E-state index is 5.56. The number of aromatic nitrogens is 1. The molecule has 3 rings (SSSR count). The first-order valence-corrected chi connectivity index (χ1v) is 5.59. The summed E-state index contributed by atoms with van der Waals surface area (Å²) in [4.78, 5) is 4.36. The summed E-state index contributed by atoms with van der Waals surface area (Å²) < 4.78 is 10.9. The molecule has 4 nitrogen and oxygen atoms in total. The molecule has 16 heavy (non-hydrogen) atoms. The van der Waals surface area contributed by atoms with Crippen LogP contribution in [-0.2, 0) is 4.74 Å². The molecule has 0 saturated carbocycles. The van der Waals surface area contributed by atoms with Gasteiger partial charge in [-0.3, -0.25) is 0 Å². The number of nitrogens with one attached hydrogen (secondary N) is 1. The highest BCUT2D eigenvalue weighted by Gasteiger charge is 2.16. The second-order valence-electron chi connectivity index (χ2n) is 4.10. The van der Waals surface area contributed by atoms with Gasteiger partial charge in [0.05, 0.1) is 6.61 Å². The first kappa shape index (κ1) is 9.66. The van der Waals surface area contributed by atoms with E-state index in [1.165, 1.54) is 0 Å². The van der Waals surface area contributed by atoms with Gasteiger partial charge in [-0.25, -0.2) is 0 Å². The lowest BCUT2D eigenvalue weighted by Crippen LogP contribution is -2.14. The number of rotatable bonds is 3. The molecule has 1 atom stereocenters. The van der Waals surface area contributed by atoms with Crippen LogP contribution in [0.4, 0.5) is 6.01 Å². The predicted molar refractivity (Wildman–Crippen MR) is 61.4 cm³/mol. The third-order valence-electron chi connectivity index (χ3n) is 2.86. The van der Waals surface area contributed by atoms with Crippen LogP contribution in [0.3, 0.4) is 0 Å². The van der Waals surface area contributed by atoms with Gasteiger partial charge in [-0.05, 0) is 18.6 Å². The van der Waals surface area contributed by atoms with Crippen LogP contribution < -0.4 is 5.32 Å². The van der Waals surface area contributed by atoms with Crippen LogP contribution in [0.1, 0.15) is 6.42 Å². The summed E-state index contributed by atoms with van der Waals surface area (Å²) >= 11 is 0. The summed E-state index contributed by atoms with van der Waals surface area (Å²) in [6, 6.07) is 8.38. The van der Waals surface area contributed by atoms with E-state index in [2.05, 4.69) is 10.3 Å². The van der Waals surface area contributed by atoms with Gasteiger partial charge < -0.3 is 14.5 Å². The minimum Gasteiger partial charge on any atom is -0.424 e. The molecule has 0 amide bonds. The van der Waals surface area contributed by atoms with Gasteiger partial charge in [-0.15, -0.1) is 0 Å². The van der Waals surface area contributed by atoms with Gasteiger partial charge in [-0.2, -0.15) is 4.98 Å². The van der Waals surface area contributed by atoms with E-state index in [-0.39, 0.29) is 0 Å². The van der Waals surface area contributed by atoms with E-state index in [0.717, 1.165) is 37.3 Å². The number of nitrogens with zero attached hydrogens (tertiary/aromatic N) is 1. The van der Waals surface area contributed by atoms with Crippen LogP contribution in [0.5, 0.6) is 0 Å². The number of hydrogen-bond acceptors (Lipinski definition) is 4. The molecule has 1 aromatic carbocycles. The fourth-order valence-electron chi connectivity index (χ4n) is 1.92. The van der Waals surface area contributed by atoms with Gasteiger partial charge in [-0.1, -0.05) is 12.1 Å². The maximum Gasteiger partial charge on any atom is 0.295 e. The van der Waals surface area contributed by atoms with E-state index in [1.807, 2.05) is 24.3 Å². The predicted octanol–water partition coefficient (Wildman–Crippen LogP) is 2.28. The molecular weight excluding hydrogens is 204 g/mol. The van der Waals surface area contributed by atoms with Gasteiger partial charge in [0.2, 0.25) is 0 Å². The molecule has 1 aliphatic rings. The van der Waals surface area contributed by atoms with Crippen molar-refractivity contribution in [3.05, 3.63) is 24.3 Å². The van der Waals surface area contributed by atoms with Gasteiger partial charge in [0, 0.05) is 19.1 Å². The third kappa shape index (κ3) is 1.88. The molecule has 0 aliphatic carbocycles. The lowest BCUT2D eigenvalue weighted by Gasteiger charge is -2.06. The van der Waals surface area contributed by atoms with Crippen molar-refractivity contribution in [2.45, 2.75) is 6.42 Å². The van der Waals surface area contributed by atoms with Crippen molar-refractivity contribution in [3.63, 3.8) is 0 Å². The number of hydrogen-bond donors (Lipinski definition) is 1. The Balaban J connectivity index is 1.69. The van der Waals surface area contributed by atoms with Crippen molar-refractivity contribution in [2.24, 2.45) is 5.92 Å². The zero-order valence-electron chi connectivity index (χ0n) is 8.98. The van der Waals surface area contributed by atoms with Crippen LogP contribution in [-0.4, -0.2) is 24.7 Å². The molecule has 0 radical (unpaired) electrons. The molecule has 84 valence electrons. The van der Waals surface area contributed by atoms with Crippen molar-refractivity contribution in [1.82, 2.24) is 4.98 Å². The molecule has 1 N–H and O–H groups in total. The number of oxazole rings is 1. The summed E-state index contributed by atoms with van der Waals surface area (Å²) in [7, 11) is 0. The number of anilines is 1. The Morgan fingerprint density at radius 2 is 2.31 bits per heavy atom. The summed E-state index contributed by atoms with van der Waals surface area (Å²) in [6.45, 7) is 2.58. The Bertz CT molecular complexity index is 442. The zero-order valence-corrected chi connectivity index (χ0v) is 8.98.